The van der Waals surface area contributed by atoms with E-state index in [2.05, 4.69) is 35.1 Å². The average molecular weight is 313 g/mol. The van der Waals surface area contributed by atoms with Crippen molar-refractivity contribution in [3.05, 3.63) is 22.4 Å². The quantitative estimate of drug-likeness (QED) is 0.451. The first-order valence-corrected chi connectivity index (χ1v) is 9.15. The molecule has 0 unspecified atom stereocenters. The molecule has 1 aromatic heterocycles. The molecule has 20 heavy (non-hydrogen) atoms. The Kier molecular flexibility index (Phi) is 10.6. The number of unbranched alkanes of at least 4 members (excludes halogenated alkanes) is 7. The number of hydrogen-bond donors (Lipinski definition) is 2. The van der Waals surface area contributed by atoms with Gasteiger partial charge in [-0.1, -0.05) is 57.9 Å². The maximum atomic E-state index is 5.26. The van der Waals surface area contributed by atoms with E-state index in [1.807, 2.05) is 0 Å². The summed E-state index contributed by atoms with van der Waals surface area (Å²) in [7, 11) is 0. The largest absolute Gasteiger partial charge is 0.363 e. The summed E-state index contributed by atoms with van der Waals surface area (Å²) in [5, 5.41) is 9.39. The summed E-state index contributed by atoms with van der Waals surface area (Å²) in [5.74, 6) is 0. The predicted octanol–water partition coefficient (Wildman–Crippen LogP) is 4.85. The summed E-state index contributed by atoms with van der Waals surface area (Å²) in [5.41, 5.74) is 0. The zero-order valence-electron chi connectivity index (χ0n) is 12.6. The highest BCUT2D eigenvalue weighted by molar-refractivity contribution is 7.80. The summed E-state index contributed by atoms with van der Waals surface area (Å²) in [6.07, 6.45) is 10.8. The molecule has 0 spiro atoms. The standard InChI is InChI=1S/C16H28N2S2/c1-2-3-4-5-6-7-8-9-12-17-16(19)18-14-15-11-10-13-20-15/h10-11,13H,2-9,12,14H2,1H3,(H2,17,18,19). The van der Waals surface area contributed by atoms with E-state index in [9.17, 15) is 0 Å². The smallest absolute Gasteiger partial charge is 0.166 e. The molecule has 2 nitrogen and oxygen atoms in total. The van der Waals surface area contributed by atoms with Crippen LogP contribution in [0.1, 0.15) is 63.2 Å². The molecular weight excluding hydrogens is 284 g/mol. The Hall–Kier alpha value is -0.610. The third kappa shape index (κ3) is 9.32. The van der Waals surface area contributed by atoms with Crippen LogP contribution in [0.5, 0.6) is 0 Å². The van der Waals surface area contributed by atoms with E-state index in [-0.39, 0.29) is 0 Å². The van der Waals surface area contributed by atoms with Crippen molar-refractivity contribution in [1.29, 1.82) is 0 Å². The summed E-state index contributed by atoms with van der Waals surface area (Å²) in [6.45, 7) is 4.09. The lowest BCUT2D eigenvalue weighted by atomic mass is 10.1. The highest BCUT2D eigenvalue weighted by Crippen LogP contribution is 2.08. The van der Waals surface area contributed by atoms with Gasteiger partial charge in [0.05, 0.1) is 6.54 Å². The number of rotatable bonds is 11. The average Bonchev–Trinajstić information content (AvgIpc) is 2.96. The number of thiophene rings is 1. The van der Waals surface area contributed by atoms with Gasteiger partial charge in [-0.05, 0) is 30.1 Å². The van der Waals surface area contributed by atoms with Crippen LogP contribution >= 0.6 is 23.6 Å². The third-order valence-electron chi connectivity index (χ3n) is 3.32. The van der Waals surface area contributed by atoms with Crippen molar-refractivity contribution in [2.75, 3.05) is 6.54 Å². The molecule has 1 heterocycles. The Balaban J connectivity index is 1.84. The van der Waals surface area contributed by atoms with Crippen molar-refractivity contribution < 1.29 is 0 Å². The first kappa shape index (κ1) is 17.4. The van der Waals surface area contributed by atoms with Crippen LogP contribution in [0.2, 0.25) is 0 Å². The normalized spacial score (nSPS) is 10.4. The van der Waals surface area contributed by atoms with Gasteiger partial charge in [-0.15, -0.1) is 11.3 Å². The molecule has 1 rings (SSSR count). The second-order valence-electron chi connectivity index (χ2n) is 5.16. The molecule has 0 radical (unpaired) electrons. The summed E-state index contributed by atoms with van der Waals surface area (Å²) in [6, 6.07) is 4.19. The van der Waals surface area contributed by atoms with Crippen molar-refractivity contribution in [3.63, 3.8) is 0 Å². The molecule has 0 saturated carbocycles. The second kappa shape index (κ2) is 12.2. The Morgan fingerprint density at radius 3 is 2.40 bits per heavy atom. The van der Waals surface area contributed by atoms with E-state index in [0.29, 0.717) is 0 Å². The van der Waals surface area contributed by atoms with Gasteiger partial charge in [-0.3, -0.25) is 0 Å². The van der Waals surface area contributed by atoms with Crippen LogP contribution in [-0.4, -0.2) is 11.7 Å². The minimum Gasteiger partial charge on any atom is -0.363 e. The van der Waals surface area contributed by atoms with Crippen LogP contribution < -0.4 is 10.6 Å². The van der Waals surface area contributed by atoms with Crippen molar-refractivity contribution >= 4 is 28.7 Å². The maximum Gasteiger partial charge on any atom is 0.166 e. The summed E-state index contributed by atoms with van der Waals surface area (Å²) >= 11 is 7.02. The van der Waals surface area contributed by atoms with Crippen LogP contribution in [0, 0.1) is 0 Å². The lowest BCUT2D eigenvalue weighted by molar-refractivity contribution is 0.572. The first-order chi connectivity index (χ1) is 9.83. The van der Waals surface area contributed by atoms with E-state index < -0.39 is 0 Å². The molecule has 4 heteroatoms. The molecule has 0 atom stereocenters. The van der Waals surface area contributed by atoms with Gasteiger partial charge >= 0.3 is 0 Å². The van der Waals surface area contributed by atoms with Crippen molar-refractivity contribution in [1.82, 2.24) is 10.6 Å². The van der Waals surface area contributed by atoms with E-state index in [1.165, 1.54) is 56.2 Å². The molecule has 0 amide bonds. The molecule has 0 aromatic carbocycles. The highest BCUT2D eigenvalue weighted by atomic mass is 32.1. The maximum absolute atomic E-state index is 5.26. The zero-order valence-corrected chi connectivity index (χ0v) is 14.3. The minimum absolute atomic E-state index is 0.779. The number of nitrogens with one attached hydrogen (secondary N) is 2. The fourth-order valence-corrected chi connectivity index (χ4v) is 2.92. The Bertz CT molecular complexity index is 336. The summed E-state index contributed by atoms with van der Waals surface area (Å²) < 4.78 is 0. The lowest BCUT2D eigenvalue weighted by Gasteiger charge is -2.09. The van der Waals surface area contributed by atoms with Crippen LogP contribution in [-0.2, 0) is 6.54 Å². The molecule has 114 valence electrons. The van der Waals surface area contributed by atoms with Gasteiger partial charge in [-0.25, -0.2) is 0 Å². The molecule has 0 fully saturated rings. The fraction of sp³-hybridized carbons (Fsp3) is 0.688. The van der Waals surface area contributed by atoms with Gasteiger partial charge in [0.2, 0.25) is 0 Å². The Labute approximate surface area is 133 Å². The van der Waals surface area contributed by atoms with Gasteiger partial charge in [0.15, 0.2) is 5.11 Å². The van der Waals surface area contributed by atoms with E-state index in [1.54, 1.807) is 11.3 Å². The molecule has 0 aliphatic rings. The summed E-state index contributed by atoms with van der Waals surface area (Å²) in [4.78, 5) is 1.32. The van der Waals surface area contributed by atoms with Crippen LogP contribution in [0.4, 0.5) is 0 Å². The molecule has 1 aromatic rings. The monoisotopic (exact) mass is 312 g/mol. The van der Waals surface area contributed by atoms with Crippen molar-refractivity contribution in [2.45, 2.75) is 64.8 Å². The van der Waals surface area contributed by atoms with Gasteiger partial charge in [0.1, 0.15) is 0 Å². The SMILES string of the molecule is CCCCCCCCCCNC(=S)NCc1cccs1. The van der Waals surface area contributed by atoms with Crippen LogP contribution in [0.3, 0.4) is 0 Å². The van der Waals surface area contributed by atoms with Gasteiger partial charge in [0.25, 0.3) is 0 Å². The molecule has 2 N–H and O–H groups in total. The van der Waals surface area contributed by atoms with E-state index >= 15 is 0 Å². The van der Waals surface area contributed by atoms with Gasteiger partial charge in [-0.2, -0.15) is 0 Å². The molecular formula is C16H28N2S2. The highest BCUT2D eigenvalue weighted by Gasteiger charge is 1.97. The van der Waals surface area contributed by atoms with E-state index in [0.717, 1.165) is 18.2 Å². The topological polar surface area (TPSA) is 24.1 Å². The van der Waals surface area contributed by atoms with Crippen LogP contribution in [0.25, 0.3) is 0 Å². The zero-order chi connectivity index (χ0) is 14.5. The lowest BCUT2D eigenvalue weighted by Crippen LogP contribution is -2.35. The first-order valence-electron chi connectivity index (χ1n) is 7.87. The second-order valence-corrected chi connectivity index (χ2v) is 6.60. The fourth-order valence-electron chi connectivity index (χ4n) is 2.10. The molecule has 0 aliphatic carbocycles. The van der Waals surface area contributed by atoms with Crippen LogP contribution in [0.15, 0.2) is 17.5 Å². The predicted molar refractivity (Wildman–Crippen MR) is 94.4 cm³/mol. The number of thiocarbonyl (C=S) groups is 1. The molecule has 0 saturated heterocycles. The third-order valence-corrected chi connectivity index (χ3v) is 4.48. The number of hydrogen-bond acceptors (Lipinski definition) is 2. The molecule has 0 bridgehead atoms. The Morgan fingerprint density at radius 1 is 1.05 bits per heavy atom. The van der Waals surface area contributed by atoms with Crippen molar-refractivity contribution in [2.24, 2.45) is 0 Å². The van der Waals surface area contributed by atoms with Gasteiger partial charge < -0.3 is 10.6 Å². The van der Waals surface area contributed by atoms with Gasteiger partial charge in [0, 0.05) is 11.4 Å². The Morgan fingerprint density at radius 2 is 1.75 bits per heavy atom. The molecule has 0 aliphatic heterocycles. The van der Waals surface area contributed by atoms with Crippen molar-refractivity contribution in [3.8, 4) is 0 Å². The minimum atomic E-state index is 0.779. The van der Waals surface area contributed by atoms with E-state index in [4.69, 9.17) is 12.2 Å².